The van der Waals surface area contributed by atoms with Gasteiger partial charge in [-0.3, -0.25) is 24.8 Å². The molecule has 11 heteroatoms. The van der Waals surface area contributed by atoms with Crippen LogP contribution in [0, 0.1) is 6.92 Å². The SMILES string of the molecule is Cc1cc(C(=O)NCc2ccc(NC(=O)OC(C)(C)C)cn2)n2c1C1(COC1)N(Cc1ccc(C(=O)N(C)C)cc1)CC2. The molecular weight excluding hydrogens is 548 g/mol. The van der Waals surface area contributed by atoms with Crippen LogP contribution >= 0.6 is 0 Å². The highest BCUT2D eigenvalue weighted by Gasteiger charge is 2.51. The van der Waals surface area contributed by atoms with Gasteiger partial charge < -0.3 is 24.3 Å². The molecule has 1 spiro atoms. The van der Waals surface area contributed by atoms with E-state index in [1.807, 2.05) is 37.3 Å². The molecule has 1 saturated heterocycles. The molecule has 5 rings (SSSR count). The number of anilines is 1. The van der Waals surface area contributed by atoms with E-state index in [9.17, 15) is 14.4 Å². The van der Waals surface area contributed by atoms with Crippen LogP contribution < -0.4 is 10.6 Å². The molecule has 3 amide bonds. The Labute approximate surface area is 252 Å². The van der Waals surface area contributed by atoms with E-state index >= 15 is 0 Å². The first-order valence-electron chi connectivity index (χ1n) is 14.4. The molecule has 0 bridgehead atoms. The van der Waals surface area contributed by atoms with Gasteiger partial charge in [-0.2, -0.15) is 0 Å². The van der Waals surface area contributed by atoms with Crippen molar-refractivity contribution in [2.75, 3.05) is 39.2 Å². The van der Waals surface area contributed by atoms with Crippen molar-refractivity contribution in [1.29, 1.82) is 0 Å². The molecule has 3 aromatic rings. The molecule has 11 nitrogen and oxygen atoms in total. The fraction of sp³-hybridized carbons (Fsp3) is 0.438. The van der Waals surface area contributed by atoms with Gasteiger partial charge in [0.2, 0.25) is 0 Å². The highest BCUT2D eigenvalue weighted by atomic mass is 16.6. The minimum Gasteiger partial charge on any atom is -0.444 e. The summed E-state index contributed by atoms with van der Waals surface area (Å²) in [7, 11) is 3.50. The lowest BCUT2D eigenvalue weighted by Crippen LogP contribution is -2.63. The van der Waals surface area contributed by atoms with Gasteiger partial charge in [-0.1, -0.05) is 12.1 Å². The Morgan fingerprint density at radius 2 is 1.79 bits per heavy atom. The molecule has 43 heavy (non-hydrogen) atoms. The van der Waals surface area contributed by atoms with Crippen molar-refractivity contribution < 1.29 is 23.9 Å². The first kappa shape index (κ1) is 30.2. The number of fused-ring (bicyclic) bond motifs is 2. The zero-order chi connectivity index (χ0) is 30.9. The van der Waals surface area contributed by atoms with Gasteiger partial charge in [0, 0.05) is 45.0 Å². The van der Waals surface area contributed by atoms with Crippen LogP contribution in [0.5, 0.6) is 0 Å². The number of aryl methyl sites for hydroxylation is 1. The van der Waals surface area contributed by atoms with Crippen LogP contribution in [0.4, 0.5) is 10.5 Å². The number of rotatable bonds is 7. The van der Waals surface area contributed by atoms with Crippen LogP contribution in [0.1, 0.15) is 64.1 Å². The second kappa shape index (κ2) is 11.8. The maximum Gasteiger partial charge on any atom is 0.412 e. The van der Waals surface area contributed by atoms with Gasteiger partial charge in [-0.15, -0.1) is 0 Å². The summed E-state index contributed by atoms with van der Waals surface area (Å²) in [5.41, 5.74) is 4.85. The van der Waals surface area contributed by atoms with Crippen molar-refractivity contribution >= 4 is 23.6 Å². The Bertz CT molecular complexity index is 1500. The predicted octanol–water partition coefficient (Wildman–Crippen LogP) is 3.91. The number of hydrogen-bond acceptors (Lipinski definition) is 7. The molecule has 2 N–H and O–H groups in total. The fourth-order valence-corrected chi connectivity index (χ4v) is 5.67. The average molecular weight is 589 g/mol. The predicted molar refractivity (Wildman–Crippen MR) is 162 cm³/mol. The third-order valence-electron chi connectivity index (χ3n) is 7.72. The summed E-state index contributed by atoms with van der Waals surface area (Å²) >= 11 is 0. The van der Waals surface area contributed by atoms with Crippen LogP contribution in [-0.4, -0.2) is 76.7 Å². The summed E-state index contributed by atoms with van der Waals surface area (Å²) in [6.07, 6.45) is 0.989. The molecule has 2 aromatic heterocycles. The van der Waals surface area contributed by atoms with E-state index in [0.717, 1.165) is 29.9 Å². The van der Waals surface area contributed by atoms with Gasteiger partial charge in [-0.05, 0) is 69.2 Å². The average Bonchev–Trinajstić information content (AvgIpc) is 3.27. The fourth-order valence-electron chi connectivity index (χ4n) is 5.67. The van der Waals surface area contributed by atoms with E-state index in [2.05, 4.69) is 25.1 Å². The number of hydrogen-bond donors (Lipinski definition) is 2. The maximum absolute atomic E-state index is 13.4. The highest BCUT2D eigenvalue weighted by Crippen LogP contribution is 2.42. The van der Waals surface area contributed by atoms with Gasteiger partial charge in [0.1, 0.15) is 16.8 Å². The molecule has 228 valence electrons. The second-order valence-electron chi connectivity index (χ2n) is 12.4. The van der Waals surface area contributed by atoms with Crippen molar-refractivity contribution in [3.05, 3.63) is 82.4 Å². The van der Waals surface area contributed by atoms with Gasteiger partial charge in [0.05, 0.1) is 37.3 Å². The number of carbonyl (C=O) groups excluding carboxylic acids is 3. The molecule has 2 aliphatic rings. The van der Waals surface area contributed by atoms with Crippen LogP contribution in [0.25, 0.3) is 0 Å². The molecule has 0 saturated carbocycles. The van der Waals surface area contributed by atoms with Crippen LogP contribution in [0.3, 0.4) is 0 Å². The van der Waals surface area contributed by atoms with E-state index < -0.39 is 11.7 Å². The Kier molecular flexibility index (Phi) is 8.31. The molecule has 4 heterocycles. The van der Waals surface area contributed by atoms with Gasteiger partial charge >= 0.3 is 6.09 Å². The summed E-state index contributed by atoms with van der Waals surface area (Å²) in [6.45, 7) is 11.0. The third-order valence-corrected chi connectivity index (χ3v) is 7.72. The number of nitrogens with one attached hydrogen (secondary N) is 2. The van der Waals surface area contributed by atoms with Crippen molar-refractivity contribution in [3.8, 4) is 0 Å². The number of amides is 3. The van der Waals surface area contributed by atoms with Crippen LogP contribution in [0.2, 0.25) is 0 Å². The summed E-state index contributed by atoms with van der Waals surface area (Å²) in [6, 6.07) is 13.2. The first-order valence-corrected chi connectivity index (χ1v) is 14.4. The number of pyridine rings is 1. The zero-order valence-corrected chi connectivity index (χ0v) is 25.7. The van der Waals surface area contributed by atoms with E-state index in [0.29, 0.717) is 42.4 Å². The van der Waals surface area contributed by atoms with Crippen molar-refractivity contribution in [2.45, 2.75) is 58.5 Å². The minimum absolute atomic E-state index is 0.0179. The standard InChI is InChI=1S/C32H40N6O5/c1-21-15-26(28(39)34-16-24-11-12-25(17-33-24)35-30(41)43-31(2,3)4)38-14-13-37(32(27(21)38)19-42-20-32)18-22-7-9-23(10-8-22)29(40)36(5)6/h7-12,15,17H,13-14,16,18-20H2,1-6H3,(H,34,39)(H,35,41). The van der Waals surface area contributed by atoms with E-state index in [4.69, 9.17) is 9.47 Å². The summed E-state index contributed by atoms with van der Waals surface area (Å²) < 4.78 is 13.2. The molecule has 0 unspecified atom stereocenters. The molecule has 0 atom stereocenters. The Morgan fingerprint density at radius 1 is 1.07 bits per heavy atom. The molecule has 2 aliphatic heterocycles. The van der Waals surface area contributed by atoms with E-state index in [1.165, 1.54) is 6.20 Å². The number of benzene rings is 1. The lowest BCUT2D eigenvalue weighted by atomic mass is 9.86. The van der Waals surface area contributed by atoms with Crippen LogP contribution in [-0.2, 0) is 34.6 Å². The lowest BCUT2D eigenvalue weighted by Gasteiger charge is -2.53. The second-order valence-corrected chi connectivity index (χ2v) is 12.4. The molecule has 1 aromatic carbocycles. The monoisotopic (exact) mass is 588 g/mol. The zero-order valence-electron chi connectivity index (χ0n) is 25.7. The van der Waals surface area contributed by atoms with Gasteiger partial charge in [-0.25, -0.2) is 4.79 Å². The summed E-state index contributed by atoms with van der Waals surface area (Å²) in [5, 5.41) is 5.65. The van der Waals surface area contributed by atoms with Gasteiger partial charge in [0.25, 0.3) is 11.8 Å². The largest absolute Gasteiger partial charge is 0.444 e. The van der Waals surface area contributed by atoms with Crippen molar-refractivity contribution in [2.24, 2.45) is 0 Å². The number of carbonyl (C=O) groups is 3. The molecule has 1 fully saturated rings. The smallest absolute Gasteiger partial charge is 0.412 e. The summed E-state index contributed by atoms with van der Waals surface area (Å²) in [4.78, 5) is 46.0. The lowest BCUT2D eigenvalue weighted by molar-refractivity contribution is -0.163. The number of aromatic nitrogens is 2. The Morgan fingerprint density at radius 3 is 2.37 bits per heavy atom. The van der Waals surface area contributed by atoms with Gasteiger partial charge in [0.15, 0.2) is 0 Å². The Balaban J connectivity index is 1.25. The molecule has 0 radical (unpaired) electrons. The van der Waals surface area contributed by atoms with E-state index in [1.54, 1.807) is 51.9 Å². The highest BCUT2D eigenvalue weighted by molar-refractivity contribution is 5.94. The third kappa shape index (κ3) is 6.42. The molecular formula is C32H40N6O5. The normalized spacial score (nSPS) is 15.8. The quantitative estimate of drug-likeness (QED) is 0.430. The minimum atomic E-state index is -0.595. The summed E-state index contributed by atoms with van der Waals surface area (Å²) in [5.74, 6) is -0.187. The Hall–Kier alpha value is -4.22. The van der Waals surface area contributed by atoms with Crippen LogP contribution in [0.15, 0.2) is 48.7 Å². The van der Waals surface area contributed by atoms with Crippen molar-refractivity contribution in [3.63, 3.8) is 0 Å². The maximum atomic E-state index is 13.4. The van der Waals surface area contributed by atoms with E-state index in [-0.39, 0.29) is 23.9 Å². The number of nitrogens with zero attached hydrogens (tertiary/aromatic N) is 4. The van der Waals surface area contributed by atoms with Crippen molar-refractivity contribution in [1.82, 2.24) is 24.7 Å². The number of ether oxygens (including phenoxy) is 2. The topological polar surface area (TPSA) is 118 Å². The first-order chi connectivity index (χ1) is 20.4. The molecule has 0 aliphatic carbocycles.